The van der Waals surface area contributed by atoms with Crippen molar-refractivity contribution in [2.45, 2.75) is 26.2 Å². The molecule has 0 saturated carbocycles. The molecule has 0 aromatic heterocycles. The van der Waals surface area contributed by atoms with Crippen LogP contribution >= 0.6 is 0 Å². The molecule has 1 unspecified atom stereocenters. The van der Waals surface area contributed by atoms with Gasteiger partial charge in [0.05, 0.1) is 5.41 Å². The highest BCUT2D eigenvalue weighted by Crippen LogP contribution is 2.30. The number of carbonyl (C=O) groups is 2. The van der Waals surface area contributed by atoms with Crippen LogP contribution in [0.2, 0.25) is 0 Å². The lowest BCUT2D eigenvalue weighted by Crippen LogP contribution is -2.47. The van der Waals surface area contributed by atoms with Crippen LogP contribution in [0.5, 0.6) is 0 Å². The fourth-order valence-corrected chi connectivity index (χ4v) is 2.77. The van der Waals surface area contributed by atoms with Crippen molar-refractivity contribution in [1.29, 1.82) is 0 Å². The van der Waals surface area contributed by atoms with Crippen LogP contribution in [0, 0.1) is 17.2 Å². The van der Waals surface area contributed by atoms with E-state index in [1.165, 1.54) is 12.1 Å². The van der Waals surface area contributed by atoms with Crippen LogP contribution in [0.3, 0.4) is 0 Å². The maximum atomic E-state index is 13.2. The van der Waals surface area contributed by atoms with Gasteiger partial charge in [0.2, 0.25) is 5.91 Å². The molecule has 1 saturated heterocycles. The van der Waals surface area contributed by atoms with E-state index in [0.29, 0.717) is 32.5 Å². The Morgan fingerprint density at radius 1 is 1.39 bits per heavy atom. The van der Waals surface area contributed by atoms with E-state index in [0.717, 1.165) is 5.56 Å². The maximum absolute atomic E-state index is 13.2. The van der Waals surface area contributed by atoms with Gasteiger partial charge in [-0.1, -0.05) is 19.1 Å². The molecule has 1 amide bonds. The van der Waals surface area contributed by atoms with Gasteiger partial charge in [-0.05, 0) is 37.0 Å². The van der Waals surface area contributed by atoms with Crippen LogP contribution in [-0.2, 0) is 20.7 Å². The number of hydrogen-bond donors (Lipinski definition) is 2. The maximum Gasteiger partial charge on any atom is 0.311 e. The molecule has 1 aromatic rings. The Labute approximate surface area is 134 Å². The first-order valence-electron chi connectivity index (χ1n) is 7.76. The molecule has 1 aromatic carbocycles. The molecule has 5 nitrogen and oxygen atoms in total. The average Bonchev–Trinajstić information content (AvgIpc) is 2.53. The number of benzene rings is 1. The summed E-state index contributed by atoms with van der Waals surface area (Å²) in [5, 5.41) is 12.2. The number of carbonyl (C=O) groups excluding carboxylic acids is 1. The van der Waals surface area contributed by atoms with Crippen LogP contribution < -0.4 is 5.32 Å². The highest BCUT2D eigenvalue weighted by molar-refractivity contribution is 5.80. The van der Waals surface area contributed by atoms with Crippen molar-refractivity contribution in [3.63, 3.8) is 0 Å². The van der Waals surface area contributed by atoms with E-state index in [9.17, 15) is 19.1 Å². The SMILES string of the molecule is CC(Cc1cccc(F)c1)C(=O)NCC1(C(=O)O)CCOCC1. The molecule has 0 aliphatic carbocycles. The molecule has 1 aliphatic rings. The van der Waals surface area contributed by atoms with Crippen LogP contribution in [-0.4, -0.2) is 36.7 Å². The minimum atomic E-state index is -0.952. The molecular weight excluding hydrogens is 301 g/mol. The molecule has 1 heterocycles. The van der Waals surface area contributed by atoms with Crippen LogP contribution in [0.1, 0.15) is 25.3 Å². The lowest BCUT2D eigenvalue weighted by molar-refractivity contribution is -0.154. The zero-order valence-corrected chi connectivity index (χ0v) is 13.2. The average molecular weight is 323 g/mol. The van der Waals surface area contributed by atoms with Crippen molar-refractivity contribution >= 4 is 11.9 Å². The van der Waals surface area contributed by atoms with Gasteiger partial charge in [0.25, 0.3) is 0 Å². The number of aliphatic carboxylic acids is 1. The second-order valence-corrected chi connectivity index (χ2v) is 6.15. The fraction of sp³-hybridized carbons (Fsp3) is 0.529. The Balaban J connectivity index is 1.91. The molecule has 0 radical (unpaired) electrons. The number of nitrogens with one attached hydrogen (secondary N) is 1. The van der Waals surface area contributed by atoms with Gasteiger partial charge >= 0.3 is 5.97 Å². The van der Waals surface area contributed by atoms with E-state index in [4.69, 9.17) is 4.74 Å². The van der Waals surface area contributed by atoms with Gasteiger partial charge in [-0.3, -0.25) is 9.59 Å². The Morgan fingerprint density at radius 3 is 2.70 bits per heavy atom. The number of halogens is 1. The third-order valence-electron chi connectivity index (χ3n) is 4.38. The standard InChI is InChI=1S/C17H22FNO4/c1-12(9-13-3-2-4-14(18)10-13)15(20)19-11-17(16(21)22)5-7-23-8-6-17/h2-4,10,12H,5-9,11H2,1H3,(H,19,20)(H,21,22). The van der Waals surface area contributed by atoms with E-state index in [2.05, 4.69) is 5.32 Å². The highest BCUT2D eigenvalue weighted by atomic mass is 19.1. The second kappa shape index (κ2) is 7.55. The summed E-state index contributed by atoms with van der Waals surface area (Å²) < 4.78 is 18.4. The van der Waals surface area contributed by atoms with Crippen molar-refractivity contribution in [3.05, 3.63) is 35.6 Å². The summed E-state index contributed by atoms with van der Waals surface area (Å²) in [7, 11) is 0. The lowest BCUT2D eigenvalue weighted by atomic mass is 9.80. The van der Waals surface area contributed by atoms with Gasteiger partial charge in [0.15, 0.2) is 0 Å². The molecule has 1 aliphatic heterocycles. The third kappa shape index (κ3) is 4.51. The van der Waals surface area contributed by atoms with E-state index >= 15 is 0 Å². The molecule has 1 atom stereocenters. The third-order valence-corrected chi connectivity index (χ3v) is 4.38. The van der Waals surface area contributed by atoms with Crippen molar-refractivity contribution < 1.29 is 23.8 Å². The second-order valence-electron chi connectivity index (χ2n) is 6.15. The van der Waals surface area contributed by atoms with Gasteiger partial charge in [-0.2, -0.15) is 0 Å². The minimum absolute atomic E-state index is 0.0953. The van der Waals surface area contributed by atoms with Crippen molar-refractivity contribution in [2.75, 3.05) is 19.8 Å². The van der Waals surface area contributed by atoms with E-state index < -0.39 is 11.4 Å². The number of ether oxygens (including phenoxy) is 1. The first kappa shape index (κ1) is 17.4. The molecule has 0 spiro atoms. The molecule has 0 bridgehead atoms. The predicted molar refractivity (Wildman–Crippen MR) is 82.4 cm³/mol. The van der Waals surface area contributed by atoms with Crippen molar-refractivity contribution in [2.24, 2.45) is 11.3 Å². The van der Waals surface area contributed by atoms with Gasteiger partial charge in [0, 0.05) is 25.7 Å². The molecule has 6 heteroatoms. The Morgan fingerprint density at radius 2 is 2.09 bits per heavy atom. The normalized spacial score (nSPS) is 18.2. The Bertz CT molecular complexity index is 569. The van der Waals surface area contributed by atoms with Gasteiger partial charge < -0.3 is 15.2 Å². The number of carboxylic acid groups (broad SMARTS) is 1. The number of carboxylic acids is 1. The summed E-state index contributed by atoms with van der Waals surface area (Å²) >= 11 is 0. The number of amides is 1. The summed E-state index contributed by atoms with van der Waals surface area (Å²) in [5.41, 5.74) is -0.210. The Kier molecular flexibility index (Phi) is 5.71. The number of hydrogen-bond acceptors (Lipinski definition) is 3. The molecule has 23 heavy (non-hydrogen) atoms. The molecule has 2 N–H and O–H groups in total. The van der Waals surface area contributed by atoms with Crippen LogP contribution in [0.25, 0.3) is 0 Å². The topological polar surface area (TPSA) is 75.6 Å². The fourth-order valence-electron chi connectivity index (χ4n) is 2.77. The summed E-state index contributed by atoms with van der Waals surface area (Å²) in [4.78, 5) is 23.7. The van der Waals surface area contributed by atoms with Crippen molar-refractivity contribution in [1.82, 2.24) is 5.32 Å². The largest absolute Gasteiger partial charge is 0.481 e. The monoisotopic (exact) mass is 323 g/mol. The number of rotatable bonds is 6. The first-order valence-corrected chi connectivity index (χ1v) is 7.76. The molecule has 2 rings (SSSR count). The predicted octanol–water partition coefficient (Wildman–Crippen LogP) is 2.00. The van der Waals surface area contributed by atoms with Crippen LogP contribution in [0.15, 0.2) is 24.3 Å². The lowest BCUT2D eigenvalue weighted by Gasteiger charge is -2.33. The molecule has 1 fully saturated rings. The van der Waals surface area contributed by atoms with Gasteiger partial charge in [0.1, 0.15) is 5.82 Å². The summed E-state index contributed by atoms with van der Waals surface area (Å²) in [6.45, 7) is 2.62. The first-order chi connectivity index (χ1) is 10.9. The quantitative estimate of drug-likeness (QED) is 0.839. The summed E-state index contributed by atoms with van der Waals surface area (Å²) in [6.07, 6.45) is 1.19. The smallest absolute Gasteiger partial charge is 0.311 e. The molecular formula is C17H22FNO4. The van der Waals surface area contributed by atoms with Gasteiger partial charge in [-0.25, -0.2) is 4.39 Å². The summed E-state index contributed by atoms with van der Waals surface area (Å²) in [5.74, 6) is -1.81. The van der Waals surface area contributed by atoms with Crippen LogP contribution in [0.4, 0.5) is 4.39 Å². The summed E-state index contributed by atoms with van der Waals surface area (Å²) in [6, 6.07) is 6.14. The zero-order chi connectivity index (χ0) is 16.9. The highest BCUT2D eigenvalue weighted by Gasteiger charge is 2.40. The van der Waals surface area contributed by atoms with E-state index in [1.807, 2.05) is 0 Å². The Hall–Kier alpha value is -1.95. The molecule has 126 valence electrons. The van der Waals surface area contributed by atoms with E-state index in [-0.39, 0.29) is 24.2 Å². The van der Waals surface area contributed by atoms with E-state index in [1.54, 1.807) is 19.1 Å². The minimum Gasteiger partial charge on any atom is -0.481 e. The van der Waals surface area contributed by atoms with Crippen molar-refractivity contribution in [3.8, 4) is 0 Å². The zero-order valence-electron chi connectivity index (χ0n) is 13.2. The van der Waals surface area contributed by atoms with Gasteiger partial charge in [-0.15, -0.1) is 0 Å².